The molecule has 0 spiro atoms. The molecule has 4 heteroatoms. The fraction of sp³-hybridized carbons (Fsp3) is 0.545. The SMILES string of the molecule is CCC1CNCCN1c1ncccc1F. The Bertz CT molecular complexity index is 329. The highest BCUT2D eigenvalue weighted by Gasteiger charge is 2.23. The van der Waals surface area contributed by atoms with Crippen LogP contribution < -0.4 is 10.2 Å². The summed E-state index contributed by atoms with van der Waals surface area (Å²) >= 11 is 0. The van der Waals surface area contributed by atoms with Gasteiger partial charge in [-0.1, -0.05) is 6.92 Å². The molecule has 1 aromatic heterocycles. The molecule has 1 aliphatic heterocycles. The minimum atomic E-state index is -0.224. The number of aromatic nitrogens is 1. The summed E-state index contributed by atoms with van der Waals surface area (Å²) in [5.41, 5.74) is 0. The van der Waals surface area contributed by atoms with Crippen LogP contribution in [0.1, 0.15) is 13.3 Å². The van der Waals surface area contributed by atoms with E-state index in [1.807, 2.05) is 0 Å². The average molecular weight is 209 g/mol. The molecule has 1 atom stereocenters. The van der Waals surface area contributed by atoms with Gasteiger partial charge in [0.25, 0.3) is 0 Å². The topological polar surface area (TPSA) is 28.2 Å². The van der Waals surface area contributed by atoms with Crippen molar-refractivity contribution in [1.29, 1.82) is 0 Å². The molecule has 0 amide bonds. The zero-order chi connectivity index (χ0) is 10.7. The van der Waals surface area contributed by atoms with Crippen molar-refractivity contribution in [2.45, 2.75) is 19.4 Å². The first-order valence-corrected chi connectivity index (χ1v) is 5.40. The number of nitrogens with one attached hydrogen (secondary N) is 1. The van der Waals surface area contributed by atoms with Crippen LogP contribution in [0.2, 0.25) is 0 Å². The standard InChI is InChI=1S/C11H16FN3/c1-2-9-8-13-6-7-15(9)11-10(12)4-3-5-14-11/h3-5,9,13H,2,6-8H2,1H3. The van der Waals surface area contributed by atoms with E-state index >= 15 is 0 Å². The lowest BCUT2D eigenvalue weighted by Crippen LogP contribution is -2.51. The van der Waals surface area contributed by atoms with Crippen molar-refractivity contribution in [3.63, 3.8) is 0 Å². The summed E-state index contributed by atoms with van der Waals surface area (Å²) in [4.78, 5) is 6.18. The lowest BCUT2D eigenvalue weighted by molar-refractivity contribution is 0.454. The molecule has 1 aromatic rings. The Morgan fingerprint density at radius 3 is 3.27 bits per heavy atom. The number of hydrogen-bond acceptors (Lipinski definition) is 3. The molecular weight excluding hydrogens is 193 g/mol. The van der Waals surface area contributed by atoms with Crippen LogP contribution in [0.25, 0.3) is 0 Å². The van der Waals surface area contributed by atoms with E-state index in [4.69, 9.17) is 0 Å². The number of hydrogen-bond donors (Lipinski definition) is 1. The molecule has 82 valence electrons. The summed E-state index contributed by atoms with van der Waals surface area (Å²) < 4.78 is 13.6. The third-order valence-corrected chi connectivity index (χ3v) is 2.83. The predicted octanol–water partition coefficient (Wildman–Crippen LogP) is 1.41. The van der Waals surface area contributed by atoms with Gasteiger partial charge in [0, 0.05) is 31.9 Å². The monoisotopic (exact) mass is 209 g/mol. The molecule has 1 N–H and O–H groups in total. The van der Waals surface area contributed by atoms with Gasteiger partial charge < -0.3 is 10.2 Å². The molecule has 2 rings (SSSR count). The molecule has 1 saturated heterocycles. The number of rotatable bonds is 2. The van der Waals surface area contributed by atoms with Gasteiger partial charge in [-0.15, -0.1) is 0 Å². The van der Waals surface area contributed by atoms with Gasteiger partial charge in [-0.2, -0.15) is 0 Å². The molecule has 0 aliphatic carbocycles. The maximum absolute atomic E-state index is 13.6. The van der Waals surface area contributed by atoms with Crippen LogP contribution in [0.15, 0.2) is 18.3 Å². The van der Waals surface area contributed by atoms with E-state index in [2.05, 4.69) is 22.1 Å². The lowest BCUT2D eigenvalue weighted by atomic mass is 10.1. The fourth-order valence-corrected chi connectivity index (χ4v) is 1.99. The van der Waals surface area contributed by atoms with Crippen molar-refractivity contribution < 1.29 is 4.39 Å². The van der Waals surface area contributed by atoms with Crippen molar-refractivity contribution >= 4 is 5.82 Å². The third kappa shape index (κ3) is 2.09. The Balaban J connectivity index is 2.24. The number of halogens is 1. The molecule has 0 radical (unpaired) electrons. The second kappa shape index (κ2) is 4.57. The van der Waals surface area contributed by atoms with E-state index in [9.17, 15) is 4.39 Å². The Labute approximate surface area is 89.3 Å². The van der Waals surface area contributed by atoms with Crippen molar-refractivity contribution in [3.8, 4) is 0 Å². The summed E-state index contributed by atoms with van der Waals surface area (Å²) in [5.74, 6) is 0.267. The van der Waals surface area contributed by atoms with Crippen LogP contribution in [-0.4, -0.2) is 30.7 Å². The van der Waals surface area contributed by atoms with Crippen LogP contribution in [0.3, 0.4) is 0 Å². The summed E-state index contributed by atoms with van der Waals surface area (Å²) in [6.07, 6.45) is 2.65. The molecule has 0 saturated carbocycles. The average Bonchev–Trinajstić information content (AvgIpc) is 2.30. The number of pyridine rings is 1. The molecule has 3 nitrogen and oxygen atoms in total. The fourth-order valence-electron chi connectivity index (χ4n) is 1.99. The van der Waals surface area contributed by atoms with E-state index in [0.717, 1.165) is 26.1 Å². The van der Waals surface area contributed by atoms with Gasteiger partial charge in [0.15, 0.2) is 11.6 Å². The van der Waals surface area contributed by atoms with Crippen LogP contribution in [0, 0.1) is 5.82 Å². The second-order valence-corrected chi connectivity index (χ2v) is 3.77. The third-order valence-electron chi connectivity index (χ3n) is 2.83. The van der Waals surface area contributed by atoms with Gasteiger partial charge >= 0.3 is 0 Å². The van der Waals surface area contributed by atoms with Gasteiger partial charge in [0.05, 0.1) is 0 Å². The Morgan fingerprint density at radius 1 is 1.67 bits per heavy atom. The smallest absolute Gasteiger partial charge is 0.165 e. The number of nitrogens with zero attached hydrogens (tertiary/aromatic N) is 2. The minimum Gasteiger partial charge on any atom is -0.349 e. The Kier molecular flexibility index (Phi) is 3.16. The van der Waals surface area contributed by atoms with Crippen molar-refractivity contribution in [2.24, 2.45) is 0 Å². The van der Waals surface area contributed by atoms with Gasteiger partial charge in [-0.25, -0.2) is 9.37 Å². The Hall–Kier alpha value is -1.16. The van der Waals surface area contributed by atoms with Gasteiger partial charge in [-0.05, 0) is 18.6 Å². The summed E-state index contributed by atoms with van der Waals surface area (Å²) in [6.45, 7) is 4.75. The van der Waals surface area contributed by atoms with Crippen LogP contribution in [0.5, 0.6) is 0 Å². The molecule has 1 fully saturated rings. The molecule has 1 unspecified atom stereocenters. The zero-order valence-electron chi connectivity index (χ0n) is 8.91. The molecule has 1 aliphatic rings. The van der Waals surface area contributed by atoms with E-state index in [0.29, 0.717) is 11.9 Å². The second-order valence-electron chi connectivity index (χ2n) is 3.77. The van der Waals surface area contributed by atoms with Crippen molar-refractivity contribution in [1.82, 2.24) is 10.3 Å². The van der Waals surface area contributed by atoms with Crippen LogP contribution in [0.4, 0.5) is 10.2 Å². The van der Waals surface area contributed by atoms with Gasteiger partial charge in [0.1, 0.15) is 0 Å². The zero-order valence-corrected chi connectivity index (χ0v) is 8.91. The summed E-state index contributed by atoms with van der Waals surface area (Å²) in [6, 6.07) is 3.45. The molecule has 15 heavy (non-hydrogen) atoms. The first kappa shape index (κ1) is 10.4. The van der Waals surface area contributed by atoms with E-state index in [1.165, 1.54) is 6.07 Å². The first-order valence-electron chi connectivity index (χ1n) is 5.40. The highest BCUT2D eigenvalue weighted by atomic mass is 19.1. The van der Waals surface area contributed by atoms with Gasteiger partial charge in [0.2, 0.25) is 0 Å². The van der Waals surface area contributed by atoms with Gasteiger partial charge in [-0.3, -0.25) is 0 Å². The molecule has 0 aromatic carbocycles. The van der Waals surface area contributed by atoms with E-state index < -0.39 is 0 Å². The van der Waals surface area contributed by atoms with Crippen molar-refractivity contribution in [3.05, 3.63) is 24.1 Å². The highest BCUT2D eigenvalue weighted by molar-refractivity contribution is 5.41. The van der Waals surface area contributed by atoms with Crippen LogP contribution >= 0.6 is 0 Å². The number of anilines is 1. The summed E-state index contributed by atoms with van der Waals surface area (Å²) in [7, 11) is 0. The van der Waals surface area contributed by atoms with E-state index in [-0.39, 0.29) is 5.82 Å². The Morgan fingerprint density at radius 2 is 2.53 bits per heavy atom. The predicted molar refractivity (Wildman–Crippen MR) is 58.5 cm³/mol. The van der Waals surface area contributed by atoms with Crippen molar-refractivity contribution in [2.75, 3.05) is 24.5 Å². The maximum Gasteiger partial charge on any atom is 0.165 e. The quantitative estimate of drug-likeness (QED) is 0.798. The molecule has 0 bridgehead atoms. The normalized spacial score (nSPS) is 21.7. The number of piperazine rings is 1. The molecule has 2 heterocycles. The minimum absolute atomic E-state index is 0.224. The van der Waals surface area contributed by atoms with Crippen LogP contribution in [-0.2, 0) is 0 Å². The maximum atomic E-state index is 13.6. The first-order chi connectivity index (χ1) is 7.33. The highest BCUT2D eigenvalue weighted by Crippen LogP contribution is 2.20. The van der Waals surface area contributed by atoms with E-state index in [1.54, 1.807) is 12.3 Å². The molecular formula is C11H16FN3. The summed E-state index contributed by atoms with van der Waals surface area (Å²) in [5, 5.41) is 3.31. The lowest BCUT2D eigenvalue weighted by Gasteiger charge is -2.36. The largest absolute Gasteiger partial charge is 0.349 e.